The molecule has 3 atom stereocenters. The maximum absolute atomic E-state index is 3.89. The summed E-state index contributed by atoms with van der Waals surface area (Å²) in [5, 5.41) is 0. The van der Waals surface area contributed by atoms with E-state index >= 15 is 0 Å². The average molecular weight is 273 g/mol. The predicted molar refractivity (Wildman–Crippen MR) is 70.4 cm³/mol. The Kier molecular flexibility index (Phi) is 4.54. The van der Waals surface area contributed by atoms with Crippen molar-refractivity contribution in [2.75, 3.05) is 0 Å². The predicted octanol–water partition coefficient (Wildman–Crippen LogP) is 5.16. The van der Waals surface area contributed by atoms with Crippen molar-refractivity contribution in [1.29, 1.82) is 0 Å². The molecule has 0 amide bonds. The molecule has 2 rings (SSSR count). The van der Waals surface area contributed by atoms with Crippen LogP contribution in [0.1, 0.15) is 64.7 Å². The zero-order valence-corrected chi connectivity index (χ0v) is 11.6. The molecule has 3 unspecified atom stereocenters. The molecule has 0 aliphatic heterocycles. The standard InChI is InChI=1S/C14H25Br/c1-11-6-9-14(15)13(10-11)8-7-12-4-2-3-5-12/h11-14H,2-10H2,1H3. The Balaban J connectivity index is 1.72. The SMILES string of the molecule is CC1CCC(Br)C(CCC2CCCC2)C1. The molecule has 0 radical (unpaired) electrons. The van der Waals surface area contributed by atoms with Gasteiger partial charge in [-0.3, -0.25) is 0 Å². The van der Waals surface area contributed by atoms with Gasteiger partial charge in [-0.1, -0.05) is 55.0 Å². The Labute approximate surface area is 103 Å². The van der Waals surface area contributed by atoms with Crippen molar-refractivity contribution in [3.8, 4) is 0 Å². The van der Waals surface area contributed by atoms with E-state index < -0.39 is 0 Å². The minimum absolute atomic E-state index is 0.829. The lowest BCUT2D eigenvalue weighted by Gasteiger charge is -2.32. The van der Waals surface area contributed by atoms with Crippen LogP contribution >= 0.6 is 15.9 Å². The highest BCUT2D eigenvalue weighted by Crippen LogP contribution is 2.38. The summed E-state index contributed by atoms with van der Waals surface area (Å²) in [6.07, 6.45) is 13.4. The van der Waals surface area contributed by atoms with Gasteiger partial charge >= 0.3 is 0 Å². The third-order valence-electron chi connectivity index (χ3n) is 4.57. The fraction of sp³-hybridized carbons (Fsp3) is 1.00. The van der Waals surface area contributed by atoms with Gasteiger partial charge in [-0.25, -0.2) is 0 Å². The Morgan fingerprint density at radius 2 is 1.73 bits per heavy atom. The highest BCUT2D eigenvalue weighted by atomic mass is 79.9. The second-order valence-corrected chi connectivity index (χ2v) is 7.10. The van der Waals surface area contributed by atoms with Gasteiger partial charge < -0.3 is 0 Å². The van der Waals surface area contributed by atoms with E-state index in [1.54, 1.807) is 0 Å². The van der Waals surface area contributed by atoms with Gasteiger partial charge in [0.25, 0.3) is 0 Å². The van der Waals surface area contributed by atoms with Crippen molar-refractivity contribution in [2.24, 2.45) is 17.8 Å². The first-order chi connectivity index (χ1) is 7.25. The van der Waals surface area contributed by atoms with Gasteiger partial charge in [0, 0.05) is 4.83 Å². The smallest absolute Gasteiger partial charge is 0.0174 e. The molecule has 2 fully saturated rings. The lowest BCUT2D eigenvalue weighted by molar-refractivity contribution is 0.265. The molecule has 88 valence electrons. The molecule has 0 aromatic rings. The Hall–Kier alpha value is 0.480. The van der Waals surface area contributed by atoms with E-state index in [0.717, 1.165) is 22.6 Å². The number of halogens is 1. The minimum Gasteiger partial charge on any atom is -0.0888 e. The van der Waals surface area contributed by atoms with Crippen LogP contribution in [0.4, 0.5) is 0 Å². The van der Waals surface area contributed by atoms with Crippen LogP contribution in [0.3, 0.4) is 0 Å². The normalized spacial score (nSPS) is 38.4. The molecule has 0 aromatic heterocycles. The van der Waals surface area contributed by atoms with Crippen LogP contribution < -0.4 is 0 Å². The lowest BCUT2D eigenvalue weighted by Crippen LogP contribution is -2.24. The number of alkyl halides is 1. The van der Waals surface area contributed by atoms with E-state index in [1.165, 1.54) is 57.8 Å². The van der Waals surface area contributed by atoms with Crippen LogP contribution in [0.25, 0.3) is 0 Å². The molecule has 2 saturated carbocycles. The summed E-state index contributed by atoms with van der Waals surface area (Å²) >= 11 is 3.89. The van der Waals surface area contributed by atoms with Crippen LogP contribution in [-0.4, -0.2) is 4.83 Å². The molecule has 1 heteroatoms. The van der Waals surface area contributed by atoms with E-state index in [0.29, 0.717) is 0 Å². The topological polar surface area (TPSA) is 0 Å². The zero-order valence-electron chi connectivity index (χ0n) is 10.1. The van der Waals surface area contributed by atoms with Crippen molar-refractivity contribution in [3.63, 3.8) is 0 Å². The van der Waals surface area contributed by atoms with E-state index in [9.17, 15) is 0 Å². The summed E-state index contributed by atoms with van der Waals surface area (Å²) in [6.45, 7) is 2.43. The molecule has 2 aliphatic carbocycles. The third-order valence-corrected chi connectivity index (χ3v) is 5.78. The Morgan fingerprint density at radius 1 is 1.00 bits per heavy atom. The summed E-state index contributed by atoms with van der Waals surface area (Å²) in [5.74, 6) is 3.05. The number of rotatable bonds is 3. The summed E-state index contributed by atoms with van der Waals surface area (Å²) in [4.78, 5) is 0.829. The quantitative estimate of drug-likeness (QED) is 0.623. The fourth-order valence-electron chi connectivity index (χ4n) is 3.51. The molecule has 0 spiro atoms. The summed E-state index contributed by atoms with van der Waals surface area (Å²) in [5.41, 5.74) is 0. The molecular weight excluding hydrogens is 248 g/mol. The van der Waals surface area contributed by atoms with Crippen molar-refractivity contribution in [3.05, 3.63) is 0 Å². The molecule has 0 nitrogen and oxygen atoms in total. The molecule has 15 heavy (non-hydrogen) atoms. The summed E-state index contributed by atoms with van der Waals surface area (Å²) in [6, 6.07) is 0. The fourth-order valence-corrected chi connectivity index (χ4v) is 4.25. The first-order valence-electron chi connectivity index (χ1n) is 6.89. The van der Waals surface area contributed by atoms with Crippen LogP contribution in [0.2, 0.25) is 0 Å². The van der Waals surface area contributed by atoms with E-state index in [1.807, 2.05) is 0 Å². The first kappa shape index (κ1) is 12.0. The number of hydrogen-bond acceptors (Lipinski definition) is 0. The van der Waals surface area contributed by atoms with Gasteiger partial charge in [-0.2, -0.15) is 0 Å². The van der Waals surface area contributed by atoms with Gasteiger partial charge in [0.15, 0.2) is 0 Å². The van der Waals surface area contributed by atoms with Crippen molar-refractivity contribution < 1.29 is 0 Å². The van der Waals surface area contributed by atoms with Crippen LogP contribution in [-0.2, 0) is 0 Å². The molecule has 0 aromatic carbocycles. The highest BCUT2D eigenvalue weighted by Gasteiger charge is 2.27. The maximum atomic E-state index is 3.89. The van der Waals surface area contributed by atoms with E-state index in [4.69, 9.17) is 0 Å². The first-order valence-corrected chi connectivity index (χ1v) is 7.81. The van der Waals surface area contributed by atoms with Crippen LogP contribution in [0.15, 0.2) is 0 Å². The average Bonchev–Trinajstić information content (AvgIpc) is 2.72. The summed E-state index contributed by atoms with van der Waals surface area (Å²) < 4.78 is 0. The Bertz CT molecular complexity index is 184. The molecular formula is C14H25Br. The van der Waals surface area contributed by atoms with Gasteiger partial charge in [-0.15, -0.1) is 0 Å². The third kappa shape index (κ3) is 3.47. The van der Waals surface area contributed by atoms with E-state index in [-0.39, 0.29) is 0 Å². The van der Waals surface area contributed by atoms with E-state index in [2.05, 4.69) is 22.9 Å². The summed E-state index contributed by atoms with van der Waals surface area (Å²) in [7, 11) is 0. The van der Waals surface area contributed by atoms with Crippen molar-refractivity contribution >= 4 is 15.9 Å². The maximum Gasteiger partial charge on any atom is 0.0174 e. The molecule has 0 saturated heterocycles. The van der Waals surface area contributed by atoms with Crippen LogP contribution in [0.5, 0.6) is 0 Å². The molecule has 2 aliphatic rings. The second-order valence-electron chi connectivity index (χ2n) is 5.92. The van der Waals surface area contributed by atoms with Gasteiger partial charge in [0.2, 0.25) is 0 Å². The molecule has 0 bridgehead atoms. The van der Waals surface area contributed by atoms with Gasteiger partial charge in [0.05, 0.1) is 0 Å². The monoisotopic (exact) mass is 272 g/mol. The molecule has 0 heterocycles. The molecule has 0 N–H and O–H groups in total. The second kappa shape index (κ2) is 5.70. The van der Waals surface area contributed by atoms with Gasteiger partial charge in [0.1, 0.15) is 0 Å². The van der Waals surface area contributed by atoms with Gasteiger partial charge in [-0.05, 0) is 43.4 Å². The largest absolute Gasteiger partial charge is 0.0888 e. The lowest BCUT2D eigenvalue weighted by atomic mass is 9.79. The van der Waals surface area contributed by atoms with Crippen molar-refractivity contribution in [2.45, 2.75) is 69.5 Å². The Morgan fingerprint density at radius 3 is 2.47 bits per heavy atom. The number of hydrogen-bond donors (Lipinski definition) is 0. The highest BCUT2D eigenvalue weighted by molar-refractivity contribution is 9.09. The zero-order chi connectivity index (χ0) is 10.7. The van der Waals surface area contributed by atoms with Crippen molar-refractivity contribution in [1.82, 2.24) is 0 Å². The van der Waals surface area contributed by atoms with Crippen LogP contribution in [0, 0.1) is 17.8 Å². The minimum atomic E-state index is 0.829.